The summed E-state index contributed by atoms with van der Waals surface area (Å²) >= 11 is 0. The van der Waals surface area contributed by atoms with Gasteiger partial charge in [-0.3, -0.25) is 13.9 Å². The van der Waals surface area contributed by atoms with Gasteiger partial charge in [-0.1, -0.05) is 72.6 Å². The Bertz CT molecular complexity index is 1370. The molecule has 1 N–H and O–H groups in total. The molecule has 8 heteroatoms. The van der Waals surface area contributed by atoms with E-state index in [0.717, 1.165) is 22.3 Å². The summed E-state index contributed by atoms with van der Waals surface area (Å²) in [6.07, 6.45) is 0.942. The highest BCUT2D eigenvalue weighted by molar-refractivity contribution is 7.92. The highest BCUT2D eigenvalue weighted by Gasteiger charge is 2.33. The standard InChI is InChI=1S/C31H39N3O4S/c1-6-28(31(36)32-7-2)33(20-19-26-11-9-8-10-12-26)30(35)22-34(29-18-15-24(4)21-25(29)5)39(37,38)27-16-13-23(3)14-17-27/h8-18,21,28H,6-7,19-20,22H2,1-5H3,(H,32,36)/t28-/m1/s1. The highest BCUT2D eigenvalue weighted by atomic mass is 32.2. The fourth-order valence-electron chi connectivity index (χ4n) is 4.62. The molecule has 0 heterocycles. The topological polar surface area (TPSA) is 86.8 Å². The Morgan fingerprint density at radius 3 is 2.10 bits per heavy atom. The molecule has 39 heavy (non-hydrogen) atoms. The fraction of sp³-hybridized carbons (Fsp3) is 0.355. The Kier molecular flexibility index (Phi) is 10.3. The van der Waals surface area contributed by atoms with Crippen LogP contribution in [0.25, 0.3) is 0 Å². The normalized spacial score (nSPS) is 12.0. The van der Waals surface area contributed by atoms with Gasteiger partial charge >= 0.3 is 0 Å². The van der Waals surface area contributed by atoms with Gasteiger partial charge in [-0.25, -0.2) is 8.42 Å². The lowest BCUT2D eigenvalue weighted by Gasteiger charge is -2.33. The van der Waals surface area contributed by atoms with E-state index in [1.165, 1.54) is 9.21 Å². The van der Waals surface area contributed by atoms with Crippen molar-refractivity contribution in [1.82, 2.24) is 10.2 Å². The Balaban J connectivity index is 2.04. The maximum atomic E-state index is 14.0. The minimum Gasteiger partial charge on any atom is -0.355 e. The van der Waals surface area contributed by atoms with Gasteiger partial charge in [0.1, 0.15) is 12.6 Å². The zero-order valence-electron chi connectivity index (χ0n) is 23.5. The summed E-state index contributed by atoms with van der Waals surface area (Å²) in [6.45, 7) is 9.63. The number of likely N-dealkylation sites (N-methyl/N-ethyl adjacent to an activating group) is 1. The summed E-state index contributed by atoms with van der Waals surface area (Å²) in [5.41, 5.74) is 4.12. The number of nitrogens with zero attached hydrogens (tertiary/aromatic N) is 2. The average Bonchev–Trinajstić information content (AvgIpc) is 2.90. The maximum absolute atomic E-state index is 14.0. The van der Waals surface area contributed by atoms with Gasteiger partial charge in [0.15, 0.2) is 0 Å². The van der Waals surface area contributed by atoms with Gasteiger partial charge in [0, 0.05) is 13.1 Å². The molecule has 0 aliphatic rings. The van der Waals surface area contributed by atoms with Crippen LogP contribution >= 0.6 is 0 Å². The number of carbonyl (C=O) groups is 2. The molecule has 3 aromatic rings. The van der Waals surface area contributed by atoms with Gasteiger partial charge in [0.2, 0.25) is 11.8 Å². The SMILES string of the molecule is CCNC(=O)[C@@H](CC)N(CCc1ccccc1)C(=O)CN(c1ccc(C)cc1C)S(=O)(=O)c1ccc(C)cc1. The van der Waals surface area contributed by atoms with Crippen LogP contribution in [-0.2, 0) is 26.0 Å². The van der Waals surface area contributed by atoms with E-state index in [1.54, 1.807) is 30.3 Å². The molecule has 3 aromatic carbocycles. The van der Waals surface area contributed by atoms with E-state index in [-0.39, 0.29) is 17.3 Å². The summed E-state index contributed by atoms with van der Waals surface area (Å²) in [7, 11) is -4.08. The highest BCUT2D eigenvalue weighted by Crippen LogP contribution is 2.28. The summed E-state index contributed by atoms with van der Waals surface area (Å²) in [5.74, 6) is -0.680. The van der Waals surface area contributed by atoms with Crippen molar-refractivity contribution in [3.8, 4) is 0 Å². The first kappa shape index (κ1) is 29.9. The molecule has 0 saturated heterocycles. The average molecular weight is 550 g/mol. The molecule has 2 amide bonds. The number of rotatable bonds is 12. The van der Waals surface area contributed by atoms with Crippen molar-refractivity contribution in [3.05, 3.63) is 95.1 Å². The predicted octanol–water partition coefficient (Wildman–Crippen LogP) is 4.79. The van der Waals surface area contributed by atoms with E-state index in [2.05, 4.69) is 5.32 Å². The molecular formula is C31H39N3O4S. The monoisotopic (exact) mass is 549 g/mol. The van der Waals surface area contributed by atoms with Crippen LogP contribution in [0.5, 0.6) is 0 Å². The van der Waals surface area contributed by atoms with E-state index in [4.69, 9.17) is 0 Å². The molecule has 0 aliphatic heterocycles. The first-order valence-corrected chi connectivity index (χ1v) is 14.8. The van der Waals surface area contributed by atoms with Crippen molar-refractivity contribution in [2.24, 2.45) is 0 Å². The lowest BCUT2D eigenvalue weighted by molar-refractivity contribution is -0.139. The molecule has 0 saturated carbocycles. The van der Waals surface area contributed by atoms with E-state index in [9.17, 15) is 18.0 Å². The van der Waals surface area contributed by atoms with Gasteiger partial charge in [0.25, 0.3) is 10.0 Å². The number of carbonyl (C=O) groups excluding carboxylic acids is 2. The van der Waals surface area contributed by atoms with Crippen molar-refractivity contribution >= 4 is 27.5 Å². The second kappa shape index (κ2) is 13.4. The van der Waals surface area contributed by atoms with Gasteiger partial charge in [-0.2, -0.15) is 0 Å². The second-order valence-corrected chi connectivity index (χ2v) is 11.6. The van der Waals surface area contributed by atoms with Crippen LogP contribution in [0, 0.1) is 20.8 Å². The van der Waals surface area contributed by atoms with Crippen molar-refractivity contribution in [2.75, 3.05) is 23.9 Å². The smallest absolute Gasteiger partial charge is 0.264 e. The molecule has 0 spiro atoms. The van der Waals surface area contributed by atoms with Crippen molar-refractivity contribution in [3.63, 3.8) is 0 Å². The third-order valence-electron chi connectivity index (χ3n) is 6.73. The van der Waals surface area contributed by atoms with Gasteiger partial charge < -0.3 is 10.2 Å². The first-order valence-electron chi connectivity index (χ1n) is 13.4. The number of nitrogens with one attached hydrogen (secondary N) is 1. The molecule has 0 unspecified atom stereocenters. The Morgan fingerprint density at radius 1 is 0.872 bits per heavy atom. The lowest BCUT2D eigenvalue weighted by Crippen LogP contribution is -2.53. The number of aryl methyl sites for hydroxylation is 3. The molecule has 0 aliphatic carbocycles. The second-order valence-electron chi connectivity index (χ2n) is 9.76. The molecule has 208 valence electrons. The first-order chi connectivity index (χ1) is 18.6. The molecule has 0 aromatic heterocycles. The van der Waals surface area contributed by atoms with Crippen LogP contribution in [0.15, 0.2) is 77.7 Å². The molecule has 0 radical (unpaired) electrons. The van der Waals surface area contributed by atoms with Crippen LogP contribution in [0.3, 0.4) is 0 Å². The molecule has 0 bridgehead atoms. The number of amides is 2. The number of anilines is 1. The Hall–Kier alpha value is -3.65. The van der Waals surface area contributed by atoms with Crippen molar-refractivity contribution in [2.45, 2.75) is 58.4 Å². The fourth-order valence-corrected chi connectivity index (χ4v) is 6.10. The van der Waals surface area contributed by atoms with Crippen LogP contribution < -0.4 is 9.62 Å². The van der Waals surface area contributed by atoms with Crippen LogP contribution in [-0.4, -0.2) is 50.8 Å². The minimum atomic E-state index is -4.08. The summed E-state index contributed by atoms with van der Waals surface area (Å²) in [4.78, 5) is 28.6. The van der Waals surface area contributed by atoms with Gasteiger partial charge in [-0.05, 0) is 69.9 Å². The zero-order chi connectivity index (χ0) is 28.6. The molecule has 1 atom stereocenters. The van der Waals surface area contributed by atoms with Crippen LogP contribution in [0.1, 0.15) is 42.5 Å². The maximum Gasteiger partial charge on any atom is 0.264 e. The van der Waals surface area contributed by atoms with Gasteiger partial charge in [-0.15, -0.1) is 0 Å². The van der Waals surface area contributed by atoms with Crippen LogP contribution in [0.4, 0.5) is 5.69 Å². The molecule has 3 rings (SSSR count). The van der Waals surface area contributed by atoms with E-state index >= 15 is 0 Å². The molecule has 7 nitrogen and oxygen atoms in total. The molecular weight excluding hydrogens is 510 g/mol. The van der Waals surface area contributed by atoms with Gasteiger partial charge in [0.05, 0.1) is 10.6 Å². The minimum absolute atomic E-state index is 0.104. The van der Waals surface area contributed by atoms with E-state index < -0.39 is 28.5 Å². The summed E-state index contributed by atoms with van der Waals surface area (Å²) in [6, 6.07) is 21.1. The molecule has 0 fully saturated rings. The third kappa shape index (κ3) is 7.47. The largest absolute Gasteiger partial charge is 0.355 e. The number of hydrogen-bond donors (Lipinski definition) is 1. The quantitative estimate of drug-likeness (QED) is 0.352. The summed E-state index contributed by atoms with van der Waals surface area (Å²) < 4.78 is 29.1. The van der Waals surface area contributed by atoms with Crippen molar-refractivity contribution < 1.29 is 18.0 Å². The summed E-state index contributed by atoms with van der Waals surface area (Å²) in [5, 5.41) is 2.83. The predicted molar refractivity (Wildman–Crippen MR) is 156 cm³/mol. The number of sulfonamides is 1. The van der Waals surface area contributed by atoms with E-state index in [0.29, 0.717) is 25.1 Å². The lowest BCUT2D eigenvalue weighted by atomic mass is 10.1. The van der Waals surface area contributed by atoms with Crippen LogP contribution in [0.2, 0.25) is 0 Å². The number of hydrogen-bond acceptors (Lipinski definition) is 4. The number of benzene rings is 3. The van der Waals surface area contributed by atoms with Crippen molar-refractivity contribution in [1.29, 1.82) is 0 Å². The Labute approximate surface area is 232 Å². The Morgan fingerprint density at radius 2 is 1.51 bits per heavy atom. The van der Waals surface area contributed by atoms with E-state index in [1.807, 2.05) is 77.1 Å². The third-order valence-corrected chi connectivity index (χ3v) is 8.50. The zero-order valence-corrected chi connectivity index (χ0v) is 24.3.